The smallest absolute Gasteiger partial charge is 0.235 e. The van der Waals surface area contributed by atoms with E-state index in [1.165, 1.54) is 33.5 Å². The third-order valence-corrected chi connectivity index (χ3v) is 5.76. The molecule has 2 aromatic carbocycles. The maximum atomic E-state index is 13.3. The standard InChI is InChI=1S/C19H18Cl2FN5OS/c1-11(18(28)26(2)10-12-4-3-5-14(22)8-12)29-19-25-24-17(27(19)23)15-9-13(20)6-7-16(15)21/h3-9,11H,10,23H2,1-2H3. The molecule has 1 heterocycles. The van der Waals surface area contributed by atoms with Gasteiger partial charge < -0.3 is 10.7 Å². The first-order valence-corrected chi connectivity index (χ1v) is 10.2. The molecular formula is C19H18Cl2FN5OS. The van der Waals surface area contributed by atoms with Crippen LogP contribution in [-0.4, -0.2) is 38.0 Å². The number of hydrogen-bond donors (Lipinski definition) is 1. The zero-order valence-corrected chi connectivity index (χ0v) is 18.0. The number of thioether (sulfide) groups is 1. The molecule has 0 aliphatic rings. The average Bonchev–Trinajstić information content (AvgIpc) is 3.03. The van der Waals surface area contributed by atoms with Gasteiger partial charge in [-0.1, -0.05) is 47.1 Å². The van der Waals surface area contributed by atoms with Gasteiger partial charge in [0.2, 0.25) is 11.1 Å². The second kappa shape index (κ2) is 9.02. The summed E-state index contributed by atoms with van der Waals surface area (Å²) in [4.78, 5) is 14.2. The molecule has 0 spiro atoms. The van der Waals surface area contributed by atoms with Crippen LogP contribution in [0.3, 0.4) is 0 Å². The van der Waals surface area contributed by atoms with Crippen LogP contribution in [0.4, 0.5) is 4.39 Å². The lowest BCUT2D eigenvalue weighted by atomic mass is 10.2. The van der Waals surface area contributed by atoms with Gasteiger partial charge in [0.05, 0.1) is 10.3 Å². The Kier molecular flexibility index (Phi) is 6.66. The van der Waals surface area contributed by atoms with Crippen LogP contribution < -0.4 is 5.84 Å². The number of hydrogen-bond acceptors (Lipinski definition) is 5. The first-order chi connectivity index (χ1) is 13.8. The summed E-state index contributed by atoms with van der Waals surface area (Å²) in [5.41, 5.74) is 1.25. The molecule has 1 unspecified atom stereocenters. The third kappa shape index (κ3) is 5.01. The lowest BCUT2D eigenvalue weighted by Gasteiger charge is -2.21. The monoisotopic (exact) mass is 453 g/mol. The van der Waals surface area contributed by atoms with E-state index in [-0.39, 0.29) is 11.7 Å². The molecule has 1 aromatic heterocycles. The second-order valence-corrected chi connectivity index (χ2v) is 8.54. The molecule has 1 amide bonds. The molecule has 0 fully saturated rings. The molecule has 3 aromatic rings. The molecule has 0 saturated heterocycles. The molecule has 0 saturated carbocycles. The summed E-state index contributed by atoms with van der Waals surface area (Å²) in [5.74, 6) is 5.97. The molecule has 0 radical (unpaired) electrons. The molecule has 2 N–H and O–H groups in total. The number of aromatic nitrogens is 3. The minimum atomic E-state index is -0.484. The fourth-order valence-corrected chi connectivity index (χ4v) is 3.98. The van der Waals surface area contributed by atoms with E-state index in [9.17, 15) is 9.18 Å². The van der Waals surface area contributed by atoms with Crippen molar-refractivity contribution in [2.75, 3.05) is 12.9 Å². The van der Waals surface area contributed by atoms with Gasteiger partial charge in [-0.3, -0.25) is 4.79 Å². The summed E-state index contributed by atoms with van der Waals surface area (Å²) in [6.07, 6.45) is 0. The fraction of sp³-hybridized carbons (Fsp3) is 0.211. The van der Waals surface area contributed by atoms with Crippen LogP contribution in [-0.2, 0) is 11.3 Å². The summed E-state index contributed by atoms with van der Waals surface area (Å²) in [6, 6.07) is 11.1. The number of halogens is 3. The molecule has 0 bridgehead atoms. The van der Waals surface area contributed by atoms with Crippen molar-refractivity contribution in [2.45, 2.75) is 23.9 Å². The van der Waals surface area contributed by atoms with E-state index in [0.717, 1.165) is 0 Å². The van der Waals surface area contributed by atoms with E-state index in [0.29, 0.717) is 38.7 Å². The Labute approximate surface area is 181 Å². The van der Waals surface area contributed by atoms with Crippen LogP contribution in [0.1, 0.15) is 12.5 Å². The van der Waals surface area contributed by atoms with Gasteiger partial charge in [-0.05, 0) is 42.8 Å². The maximum absolute atomic E-state index is 13.3. The molecule has 152 valence electrons. The number of carbonyl (C=O) groups excluding carboxylic acids is 1. The summed E-state index contributed by atoms with van der Waals surface area (Å²) in [7, 11) is 1.66. The number of carbonyl (C=O) groups is 1. The largest absolute Gasteiger partial charge is 0.340 e. The zero-order chi connectivity index (χ0) is 21.1. The molecule has 10 heteroatoms. The van der Waals surface area contributed by atoms with Crippen LogP contribution in [0.5, 0.6) is 0 Å². The molecule has 3 rings (SSSR count). The van der Waals surface area contributed by atoms with Crippen molar-refractivity contribution >= 4 is 40.9 Å². The number of amides is 1. The van der Waals surface area contributed by atoms with Gasteiger partial charge in [0, 0.05) is 24.2 Å². The predicted molar refractivity (Wildman–Crippen MR) is 114 cm³/mol. The highest BCUT2D eigenvalue weighted by atomic mass is 35.5. The van der Waals surface area contributed by atoms with E-state index in [1.807, 2.05) is 0 Å². The van der Waals surface area contributed by atoms with Crippen molar-refractivity contribution < 1.29 is 9.18 Å². The number of nitrogens with zero attached hydrogens (tertiary/aromatic N) is 4. The fourth-order valence-electron chi connectivity index (χ4n) is 2.72. The summed E-state index contributed by atoms with van der Waals surface area (Å²) in [6.45, 7) is 2.04. The summed E-state index contributed by atoms with van der Waals surface area (Å²) >= 11 is 13.4. The first kappa shape index (κ1) is 21.4. The van der Waals surface area contributed by atoms with Gasteiger partial charge in [-0.25, -0.2) is 9.07 Å². The van der Waals surface area contributed by atoms with Crippen molar-refractivity contribution in [3.05, 3.63) is 63.9 Å². The van der Waals surface area contributed by atoms with E-state index in [2.05, 4.69) is 10.2 Å². The first-order valence-electron chi connectivity index (χ1n) is 8.58. The second-order valence-electron chi connectivity index (χ2n) is 6.38. The molecule has 6 nitrogen and oxygen atoms in total. The predicted octanol–water partition coefficient (Wildman–Crippen LogP) is 4.24. The van der Waals surface area contributed by atoms with Crippen molar-refractivity contribution in [1.29, 1.82) is 0 Å². The van der Waals surface area contributed by atoms with E-state index >= 15 is 0 Å². The van der Waals surface area contributed by atoms with Gasteiger partial charge in [0.25, 0.3) is 0 Å². The highest BCUT2D eigenvalue weighted by molar-refractivity contribution is 8.00. The van der Waals surface area contributed by atoms with Crippen molar-refractivity contribution in [1.82, 2.24) is 19.8 Å². The van der Waals surface area contributed by atoms with Gasteiger partial charge in [0.1, 0.15) is 5.82 Å². The number of rotatable bonds is 6. The van der Waals surface area contributed by atoms with Crippen LogP contribution in [0.25, 0.3) is 11.4 Å². The number of nitrogen functional groups attached to an aromatic ring is 1. The van der Waals surface area contributed by atoms with Crippen LogP contribution >= 0.6 is 35.0 Å². The highest BCUT2D eigenvalue weighted by Crippen LogP contribution is 2.31. The van der Waals surface area contributed by atoms with Crippen molar-refractivity contribution in [3.63, 3.8) is 0 Å². The quantitative estimate of drug-likeness (QED) is 0.445. The van der Waals surface area contributed by atoms with Crippen molar-refractivity contribution in [2.24, 2.45) is 0 Å². The molecule has 0 aliphatic carbocycles. The topological polar surface area (TPSA) is 77.0 Å². The lowest BCUT2D eigenvalue weighted by molar-refractivity contribution is -0.129. The highest BCUT2D eigenvalue weighted by Gasteiger charge is 2.23. The van der Waals surface area contributed by atoms with Crippen LogP contribution in [0.15, 0.2) is 47.6 Å². The molecule has 29 heavy (non-hydrogen) atoms. The molecular weight excluding hydrogens is 436 g/mol. The van der Waals surface area contributed by atoms with Crippen molar-refractivity contribution in [3.8, 4) is 11.4 Å². The van der Waals surface area contributed by atoms with Gasteiger partial charge in [-0.15, -0.1) is 10.2 Å². The maximum Gasteiger partial charge on any atom is 0.235 e. The SMILES string of the molecule is CC(Sc1nnc(-c2cc(Cl)ccc2Cl)n1N)C(=O)N(C)Cc1cccc(F)c1. The van der Waals surface area contributed by atoms with Gasteiger partial charge in [0.15, 0.2) is 5.82 Å². The average molecular weight is 454 g/mol. The molecule has 0 aliphatic heterocycles. The Bertz CT molecular complexity index is 1050. The normalized spacial score (nSPS) is 12.0. The zero-order valence-electron chi connectivity index (χ0n) is 15.6. The van der Waals surface area contributed by atoms with Crippen LogP contribution in [0, 0.1) is 5.82 Å². The van der Waals surface area contributed by atoms with Gasteiger partial charge in [-0.2, -0.15) is 0 Å². The third-order valence-electron chi connectivity index (χ3n) is 4.15. The molecule has 1 atom stereocenters. The Hall–Kier alpha value is -2.29. The summed E-state index contributed by atoms with van der Waals surface area (Å²) < 4.78 is 14.6. The Morgan fingerprint density at radius 2 is 2.03 bits per heavy atom. The Morgan fingerprint density at radius 1 is 1.28 bits per heavy atom. The Morgan fingerprint density at radius 3 is 2.76 bits per heavy atom. The minimum Gasteiger partial charge on any atom is -0.340 e. The minimum absolute atomic E-state index is 0.149. The number of benzene rings is 2. The van der Waals surface area contributed by atoms with Crippen LogP contribution in [0.2, 0.25) is 10.0 Å². The summed E-state index contributed by atoms with van der Waals surface area (Å²) in [5, 5.41) is 8.95. The van der Waals surface area contributed by atoms with E-state index < -0.39 is 5.25 Å². The van der Waals surface area contributed by atoms with E-state index in [1.54, 1.807) is 44.3 Å². The van der Waals surface area contributed by atoms with Gasteiger partial charge >= 0.3 is 0 Å². The lowest BCUT2D eigenvalue weighted by Crippen LogP contribution is -2.33. The number of nitrogens with two attached hydrogens (primary N) is 1. The van der Waals surface area contributed by atoms with E-state index in [4.69, 9.17) is 29.0 Å². The Balaban J connectivity index is 1.72.